The number of hydrogen-bond acceptors (Lipinski definition) is 4. The molecule has 1 aromatic carbocycles. The largest absolute Gasteiger partial charge is 0.497 e. The number of aromatic nitrogens is 1. The Morgan fingerprint density at radius 2 is 1.89 bits per heavy atom. The van der Waals surface area contributed by atoms with E-state index in [9.17, 15) is 4.79 Å². The van der Waals surface area contributed by atoms with E-state index in [1.807, 2.05) is 35.9 Å². The van der Waals surface area contributed by atoms with Crippen LogP contribution in [0.2, 0.25) is 0 Å². The van der Waals surface area contributed by atoms with E-state index in [2.05, 4.69) is 22.2 Å². The van der Waals surface area contributed by atoms with Crippen LogP contribution in [0.4, 0.5) is 0 Å². The predicted octanol–water partition coefficient (Wildman–Crippen LogP) is 2.48. The van der Waals surface area contributed by atoms with Gasteiger partial charge in [0, 0.05) is 37.1 Å². The minimum atomic E-state index is 0.0212. The second-order valence-electron chi connectivity index (χ2n) is 8.36. The third-order valence-electron chi connectivity index (χ3n) is 6.48. The van der Waals surface area contributed by atoms with E-state index in [1.54, 1.807) is 7.11 Å². The van der Waals surface area contributed by atoms with E-state index < -0.39 is 0 Å². The number of benzene rings is 1. The molecule has 4 rings (SSSR count). The van der Waals surface area contributed by atoms with Gasteiger partial charge in [-0.15, -0.1) is 0 Å². The molecular weight excluding hydrogens is 352 g/mol. The van der Waals surface area contributed by atoms with E-state index in [4.69, 9.17) is 4.74 Å². The first-order valence-corrected chi connectivity index (χ1v) is 10.4. The van der Waals surface area contributed by atoms with Gasteiger partial charge in [0.2, 0.25) is 0 Å². The van der Waals surface area contributed by atoms with Crippen LogP contribution in [-0.2, 0) is 7.05 Å². The smallest absolute Gasteiger partial charge is 0.268 e. The number of likely N-dealkylation sites (tertiary alicyclic amines) is 2. The van der Waals surface area contributed by atoms with Crippen LogP contribution in [-0.4, -0.2) is 72.7 Å². The summed E-state index contributed by atoms with van der Waals surface area (Å²) in [5, 5.41) is 4.36. The molecule has 0 radical (unpaired) electrons. The highest BCUT2D eigenvalue weighted by Gasteiger charge is 2.29. The van der Waals surface area contributed by atoms with Crippen molar-refractivity contribution in [2.45, 2.75) is 37.8 Å². The predicted molar refractivity (Wildman–Crippen MR) is 112 cm³/mol. The molecule has 0 spiro atoms. The van der Waals surface area contributed by atoms with Crippen molar-refractivity contribution in [2.75, 3.05) is 40.3 Å². The molecule has 28 heavy (non-hydrogen) atoms. The molecule has 6 nitrogen and oxygen atoms in total. The average Bonchev–Trinajstić information content (AvgIpc) is 3.05. The molecule has 2 aliphatic heterocycles. The molecule has 6 heteroatoms. The summed E-state index contributed by atoms with van der Waals surface area (Å²) in [6, 6.07) is 8.79. The Labute approximate surface area is 167 Å². The van der Waals surface area contributed by atoms with Gasteiger partial charge in [0.05, 0.1) is 12.6 Å². The maximum atomic E-state index is 13.0. The number of fused-ring (bicyclic) bond motifs is 1. The van der Waals surface area contributed by atoms with Crippen molar-refractivity contribution in [2.24, 2.45) is 7.05 Å². The first-order valence-electron chi connectivity index (χ1n) is 10.4. The highest BCUT2D eigenvalue weighted by atomic mass is 16.5. The van der Waals surface area contributed by atoms with Crippen molar-refractivity contribution in [1.29, 1.82) is 0 Å². The fourth-order valence-electron chi connectivity index (χ4n) is 4.73. The van der Waals surface area contributed by atoms with Gasteiger partial charge in [0.25, 0.3) is 5.91 Å². The van der Waals surface area contributed by atoms with Crippen molar-refractivity contribution >= 4 is 16.8 Å². The molecule has 3 heterocycles. The second kappa shape index (κ2) is 8.13. The topological polar surface area (TPSA) is 49.7 Å². The molecule has 0 aliphatic carbocycles. The van der Waals surface area contributed by atoms with Gasteiger partial charge in [0.1, 0.15) is 11.4 Å². The minimum Gasteiger partial charge on any atom is -0.497 e. The van der Waals surface area contributed by atoms with Gasteiger partial charge in [-0.25, -0.2) is 0 Å². The zero-order chi connectivity index (χ0) is 19.7. The molecule has 152 valence electrons. The highest BCUT2D eigenvalue weighted by molar-refractivity contribution is 5.99. The summed E-state index contributed by atoms with van der Waals surface area (Å²) in [5.74, 6) is 0.828. The lowest BCUT2D eigenvalue weighted by Gasteiger charge is -2.41. The number of aryl methyl sites for hydroxylation is 1. The van der Waals surface area contributed by atoms with Gasteiger partial charge in [0.15, 0.2) is 0 Å². The maximum absolute atomic E-state index is 13.0. The summed E-state index contributed by atoms with van der Waals surface area (Å²) < 4.78 is 7.29. The van der Waals surface area contributed by atoms with Gasteiger partial charge in [-0.2, -0.15) is 0 Å². The SMILES string of the molecule is COc1ccc2cc(C(=O)N[C@H]3CCCN(C4CCN(C)CC4)C3)n(C)c2c1. The molecule has 2 aromatic rings. The van der Waals surface area contributed by atoms with E-state index in [0.717, 1.165) is 42.6 Å². The fourth-order valence-corrected chi connectivity index (χ4v) is 4.73. The van der Waals surface area contributed by atoms with E-state index in [-0.39, 0.29) is 11.9 Å². The monoisotopic (exact) mass is 384 g/mol. The normalized spacial score (nSPS) is 22.5. The van der Waals surface area contributed by atoms with Crippen LogP contribution in [0.15, 0.2) is 24.3 Å². The molecule has 2 saturated heterocycles. The lowest BCUT2D eigenvalue weighted by molar-refractivity contribution is 0.0761. The third-order valence-corrected chi connectivity index (χ3v) is 6.48. The Hall–Kier alpha value is -2.05. The standard InChI is InChI=1S/C22H32N4O2/c1-24-11-8-18(9-12-24)26-10-4-5-17(15-26)23-22(27)21-13-16-6-7-19(28-3)14-20(16)25(21)2/h6-7,13-14,17-18H,4-5,8-12,15H2,1-3H3,(H,23,27)/t17-/m0/s1. The second-order valence-corrected chi connectivity index (χ2v) is 8.36. The van der Waals surface area contributed by atoms with Crippen molar-refractivity contribution in [1.82, 2.24) is 19.7 Å². The molecule has 0 bridgehead atoms. The van der Waals surface area contributed by atoms with Crippen LogP contribution >= 0.6 is 0 Å². The summed E-state index contributed by atoms with van der Waals surface area (Å²) in [7, 11) is 5.81. The van der Waals surface area contributed by atoms with Gasteiger partial charge in [-0.1, -0.05) is 0 Å². The molecule has 0 unspecified atom stereocenters. The van der Waals surface area contributed by atoms with Crippen LogP contribution in [0.25, 0.3) is 10.9 Å². The Kier molecular flexibility index (Phi) is 5.60. The lowest BCUT2D eigenvalue weighted by Crippen LogP contribution is -2.53. The Morgan fingerprint density at radius 1 is 1.11 bits per heavy atom. The van der Waals surface area contributed by atoms with Crippen molar-refractivity contribution in [3.05, 3.63) is 30.0 Å². The number of hydrogen-bond donors (Lipinski definition) is 1. The van der Waals surface area contributed by atoms with Gasteiger partial charge in [-0.3, -0.25) is 9.69 Å². The summed E-state index contributed by atoms with van der Waals surface area (Å²) in [6.07, 6.45) is 4.70. The molecular formula is C22H32N4O2. The Balaban J connectivity index is 1.43. The lowest BCUT2D eigenvalue weighted by atomic mass is 9.98. The molecule has 0 saturated carbocycles. The molecule has 1 amide bonds. The fraction of sp³-hybridized carbons (Fsp3) is 0.591. The number of nitrogens with one attached hydrogen (secondary N) is 1. The molecule has 2 aliphatic rings. The number of ether oxygens (including phenoxy) is 1. The Bertz CT molecular complexity index is 838. The van der Waals surface area contributed by atoms with Crippen molar-refractivity contribution in [3.63, 3.8) is 0 Å². The van der Waals surface area contributed by atoms with Crippen molar-refractivity contribution in [3.8, 4) is 5.75 Å². The summed E-state index contributed by atoms with van der Waals surface area (Å²) in [6.45, 7) is 4.49. The van der Waals surface area contributed by atoms with Crippen LogP contribution in [0.5, 0.6) is 5.75 Å². The summed E-state index contributed by atoms with van der Waals surface area (Å²) in [5.41, 5.74) is 1.72. The number of piperidine rings is 2. The molecule has 2 fully saturated rings. The number of rotatable bonds is 4. The van der Waals surface area contributed by atoms with E-state index in [1.165, 1.54) is 25.9 Å². The zero-order valence-electron chi connectivity index (χ0n) is 17.3. The number of amides is 1. The number of carbonyl (C=O) groups is 1. The molecule has 1 aromatic heterocycles. The molecule has 1 atom stereocenters. The van der Waals surface area contributed by atoms with Crippen molar-refractivity contribution < 1.29 is 9.53 Å². The number of carbonyl (C=O) groups excluding carboxylic acids is 1. The summed E-state index contributed by atoms with van der Waals surface area (Å²) >= 11 is 0. The minimum absolute atomic E-state index is 0.0212. The number of methoxy groups -OCH3 is 1. The number of nitrogens with zero attached hydrogens (tertiary/aromatic N) is 3. The first kappa shape index (κ1) is 19.3. The first-order chi connectivity index (χ1) is 13.5. The van der Waals surface area contributed by atoms with Gasteiger partial charge in [-0.05, 0) is 70.6 Å². The van der Waals surface area contributed by atoms with Crippen LogP contribution in [0.3, 0.4) is 0 Å². The summed E-state index contributed by atoms with van der Waals surface area (Å²) in [4.78, 5) is 18.0. The van der Waals surface area contributed by atoms with Gasteiger partial charge < -0.3 is 19.5 Å². The van der Waals surface area contributed by atoms with Crippen LogP contribution in [0.1, 0.15) is 36.2 Å². The maximum Gasteiger partial charge on any atom is 0.268 e. The quantitative estimate of drug-likeness (QED) is 0.880. The van der Waals surface area contributed by atoms with E-state index >= 15 is 0 Å². The third kappa shape index (κ3) is 3.89. The average molecular weight is 385 g/mol. The van der Waals surface area contributed by atoms with Crippen LogP contribution in [0, 0.1) is 0 Å². The van der Waals surface area contributed by atoms with Crippen LogP contribution < -0.4 is 10.1 Å². The zero-order valence-corrected chi connectivity index (χ0v) is 17.3. The highest BCUT2D eigenvalue weighted by Crippen LogP contribution is 2.25. The molecule has 1 N–H and O–H groups in total. The Morgan fingerprint density at radius 3 is 2.64 bits per heavy atom. The van der Waals surface area contributed by atoms with Gasteiger partial charge >= 0.3 is 0 Å². The van der Waals surface area contributed by atoms with E-state index in [0.29, 0.717) is 11.7 Å².